The zero-order valence-electron chi connectivity index (χ0n) is 16.9. The van der Waals surface area contributed by atoms with Crippen molar-refractivity contribution >= 4 is 27.3 Å². The number of ketones is 2. The lowest BCUT2D eigenvalue weighted by molar-refractivity contribution is 0.0976. The Morgan fingerprint density at radius 3 is 2.03 bits per heavy atom. The molecule has 3 aromatic carbocycles. The molecule has 9 nitrogen and oxygen atoms in total. The second-order valence-electron chi connectivity index (χ2n) is 6.87. The van der Waals surface area contributed by atoms with Crippen molar-refractivity contribution in [1.29, 1.82) is 0 Å². The molecule has 0 unspecified atom stereocenters. The molecule has 0 bridgehead atoms. The molecule has 164 valence electrons. The molecule has 0 atom stereocenters. The van der Waals surface area contributed by atoms with E-state index in [4.69, 9.17) is 9.47 Å². The minimum Gasteiger partial charge on any atom is -0.504 e. The molecule has 0 heterocycles. The van der Waals surface area contributed by atoms with E-state index >= 15 is 0 Å². The number of hydrogen-bond acceptors (Lipinski definition) is 8. The largest absolute Gasteiger partial charge is 0.504 e. The predicted octanol–water partition coefficient (Wildman–Crippen LogP) is 2.69. The number of ether oxygens (including phenoxy) is 2. The summed E-state index contributed by atoms with van der Waals surface area (Å²) in [6.45, 7) is 0. The summed E-state index contributed by atoms with van der Waals surface area (Å²) in [7, 11) is -1.54. The fraction of sp³-hybridized carbons (Fsp3) is 0.0909. The van der Waals surface area contributed by atoms with Crippen molar-refractivity contribution in [3.05, 3.63) is 70.8 Å². The van der Waals surface area contributed by atoms with Gasteiger partial charge in [0.1, 0.15) is 0 Å². The predicted molar refractivity (Wildman–Crippen MR) is 113 cm³/mol. The lowest BCUT2D eigenvalue weighted by Crippen LogP contribution is -2.22. The van der Waals surface area contributed by atoms with Crippen LogP contribution >= 0.6 is 0 Å². The third-order valence-corrected chi connectivity index (χ3v) is 6.44. The fourth-order valence-electron chi connectivity index (χ4n) is 3.49. The topological polar surface area (TPSA) is 139 Å². The molecule has 1 aliphatic carbocycles. The van der Waals surface area contributed by atoms with Crippen LogP contribution in [0.5, 0.6) is 23.0 Å². The second kappa shape index (κ2) is 7.57. The van der Waals surface area contributed by atoms with Gasteiger partial charge in [-0.25, -0.2) is 8.42 Å². The van der Waals surface area contributed by atoms with Crippen molar-refractivity contribution < 1.29 is 37.7 Å². The molecule has 0 saturated carbocycles. The van der Waals surface area contributed by atoms with E-state index < -0.39 is 38.8 Å². The van der Waals surface area contributed by atoms with Crippen LogP contribution in [0.2, 0.25) is 0 Å². The van der Waals surface area contributed by atoms with Gasteiger partial charge in [0.2, 0.25) is 0 Å². The van der Waals surface area contributed by atoms with E-state index in [2.05, 4.69) is 4.72 Å². The summed E-state index contributed by atoms with van der Waals surface area (Å²) in [6.07, 6.45) is 0. The number of carbonyl (C=O) groups excluding carboxylic acids is 2. The van der Waals surface area contributed by atoms with Crippen LogP contribution in [-0.2, 0) is 10.0 Å². The van der Waals surface area contributed by atoms with Crippen molar-refractivity contribution in [2.75, 3.05) is 18.9 Å². The molecule has 32 heavy (non-hydrogen) atoms. The third kappa shape index (κ3) is 3.21. The van der Waals surface area contributed by atoms with E-state index in [0.717, 1.165) is 6.07 Å². The zero-order chi connectivity index (χ0) is 23.2. The Kier molecular flexibility index (Phi) is 5.02. The Hall–Kier alpha value is -4.05. The number of benzene rings is 3. The number of anilines is 1. The van der Waals surface area contributed by atoms with Crippen LogP contribution in [-0.4, -0.2) is 44.4 Å². The van der Waals surface area contributed by atoms with Gasteiger partial charge in [-0.15, -0.1) is 0 Å². The summed E-state index contributed by atoms with van der Waals surface area (Å²) < 4.78 is 38.1. The summed E-state index contributed by atoms with van der Waals surface area (Å²) in [6, 6.07) is 10.9. The number of fused-ring (bicyclic) bond motifs is 2. The molecule has 4 rings (SSSR count). The highest BCUT2D eigenvalue weighted by atomic mass is 32.2. The number of nitrogens with one attached hydrogen (secondary N) is 1. The second-order valence-corrected chi connectivity index (χ2v) is 8.55. The molecule has 1 aliphatic rings. The lowest BCUT2D eigenvalue weighted by Gasteiger charge is -2.21. The Morgan fingerprint density at radius 2 is 1.41 bits per heavy atom. The van der Waals surface area contributed by atoms with Crippen LogP contribution < -0.4 is 14.2 Å². The number of rotatable bonds is 5. The zero-order valence-corrected chi connectivity index (χ0v) is 17.7. The van der Waals surface area contributed by atoms with E-state index in [-0.39, 0.29) is 32.9 Å². The van der Waals surface area contributed by atoms with Crippen LogP contribution in [0.3, 0.4) is 0 Å². The van der Waals surface area contributed by atoms with Crippen LogP contribution in [0.25, 0.3) is 0 Å². The first-order valence-corrected chi connectivity index (χ1v) is 10.7. The number of phenolic OH excluding ortho intramolecular Hbond substituents is 2. The van der Waals surface area contributed by atoms with E-state index in [1.54, 1.807) is 12.1 Å². The molecule has 0 aliphatic heterocycles. The molecule has 0 aromatic heterocycles. The first-order chi connectivity index (χ1) is 15.2. The molecule has 3 N–H and O–H groups in total. The highest BCUT2D eigenvalue weighted by Crippen LogP contribution is 2.43. The number of hydrogen-bond donors (Lipinski definition) is 3. The lowest BCUT2D eigenvalue weighted by atomic mass is 9.83. The van der Waals surface area contributed by atoms with Crippen molar-refractivity contribution in [3.63, 3.8) is 0 Å². The minimum atomic E-state index is -4.28. The molecule has 0 fully saturated rings. The van der Waals surface area contributed by atoms with E-state index in [9.17, 15) is 28.2 Å². The van der Waals surface area contributed by atoms with Crippen molar-refractivity contribution in [2.45, 2.75) is 4.90 Å². The van der Waals surface area contributed by atoms with Gasteiger partial charge in [0.15, 0.2) is 34.6 Å². The molecular weight excluding hydrogens is 438 g/mol. The van der Waals surface area contributed by atoms with Crippen molar-refractivity contribution in [2.24, 2.45) is 0 Å². The molecule has 10 heteroatoms. The van der Waals surface area contributed by atoms with Gasteiger partial charge in [0, 0.05) is 22.8 Å². The van der Waals surface area contributed by atoms with Gasteiger partial charge in [-0.3, -0.25) is 14.3 Å². The SMILES string of the molecule is COc1ccc(S(=O)(=O)Nc2cc3c(c(O)c2O)C(=O)c2ccccc2C3=O)cc1OC. The van der Waals surface area contributed by atoms with Crippen LogP contribution in [0.15, 0.2) is 53.4 Å². The maximum absolute atomic E-state index is 12.9. The van der Waals surface area contributed by atoms with Gasteiger partial charge in [-0.1, -0.05) is 24.3 Å². The monoisotopic (exact) mass is 455 g/mol. The summed E-state index contributed by atoms with van der Waals surface area (Å²) in [5, 5.41) is 20.9. The first-order valence-electron chi connectivity index (χ1n) is 9.21. The summed E-state index contributed by atoms with van der Waals surface area (Å²) in [4.78, 5) is 25.5. The smallest absolute Gasteiger partial charge is 0.262 e. The quantitative estimate of drug-likeness (QED) is 0.390. The van der Waals surface area contributed by atoms with Crippen LogP contribution in [0.4, 0.5) is 5.69 Å². The van der Waals surface area contributed by atoms with Crippen LogP contribution in [0, 0.1) is 0 Å². The number of methoxy groups -OCH3 is 2. The number of phenols is 2. The molecule has 0 spiro atoms. The first kappa shape index (κ1) is 21.2. The van der Waals surface area contributed by atoms with Gasteiger partial charge < -0.3 is 19.7 Å². The van der Waals surface area contributed by atoms with Gasteiger partial charge in [-0.05, 0) is 18.2 Å². The van der Waals surface area contributed by atoms with E-state index in [1.165, 1.54) is 44.6 Å². The fourth-order valence-corrected chi connectivity index (χ4v) is 4.56. The van der Waals surface area contributed by atoms with Gasteiger partial charge in [0.05, 0.1) is 30.4 Å². The Morgan fingerprint density at radius 1 is 0.781 bits per heavy atom. The highest BCUT2D eigenvalue weighted by Gasteiger charge is 2.35. The van der Waals surface area contributed by atoms with Gasteiger partial charge >= 0.3 is 0 Å². The number of aromatic hydroxyl groups is 2. The molecule has 0 radical (unpaired) electrons. The Balaban J connectivity index is 1.80. The third-order valence-electron chi connectivity index (χ3n) is 5.07. The van der Waals surface area contributed by atoms with E-state index in [0.29, 0.717) is 5.75 Å². The van der Waals surface area contributed by atoms with Crippen LogP contribution in [0.1, 0.15) is 31.8 Å². The van der Waals surface area contributed by atoms with Crippen molar-refractivity contribution in [3.8, 4) is 23.0 Å². The highest BCUT2D eigenvalue weighted by molar-refractivity contribution is 7.92. The minimum absolute atomic E-state index is 0.0818. The summed E-state index contributed by atoms with van der Waals surface area (Å²) in [5.41, 5.74) is -0.881. The normalized spacial score (nSPS) is 12.7. The van der Waals surface area contributed by atoms with Gasteiger partial charge in [-0.2, -0.15) is 0 Å². The van der Waals surface area contributed by atoms with Gasteiger partial charge in [0.25, 0.3) is 10.0 Å². The van der Waals surface area contributed by atoms with Crippen molar-refractivity contribution in [1.82, 2.24) is 0 Å². The number of carbonyl (C=O) groups is 2. The maximum Gasteiger partial charge on any atom is 0.262 e. The molecule has 3 aromatic rings. The number of sulfonamides is 1. The molecule has 0 saturated heterocycles. The molecule has 0 amide bonds. The summed E-state index contributed by atoms with van der Waals surface area (Å²) in [5.74, 6) is -2.54. The standard InChI is InChI=1S/C22H17NO8S/c1-30-16-8-7-11(9-17(16)31-2)32(28,29)23-15-10-14-18(22(27)21(15)26)20(25)13-6-4-3-5-12(13)19(14)24/h3-10,23,26-27H,1-2H3. The maximum atomic E-state index is 12.9. The summed E-state index contributed by atoms with van der Waals surface area (Å²) >= 11 is 0. The van der Waals surface area contributed by atoms with E-state index in [1.807, 2.05) is 0 Å². The average molecular weight is 455 g/mol. The molecular formula is C22H17NO8S. The Labute approximate surface area is 182 Å². The average Bonchev–Trinajstić information content (AvgIpc) is 2.79. The Bertz CT molecular complexity index is 1400.